The molecule has 0 radical (unpaired) electrons. The van der Waals surface area contributed by atoms with Crippen LogP contribution in [0.2, 0.25) is 0 Å². The summed E-state index contributed by atoms with van der Waals surface area (Å²) in [7, 11) is 0. The zero-order valence-electron chi connectivity index (χ0n) is 25.9. The molecule has 8 atom stereocenters. The SMILES string of the molecule is CC(C)CCC[C@@H](C)[C@H]1CCC2C3CC=C4CC(CCCCCCCCC(=O)O)CC[C@]4(C)C3CC[C@@]21C. The molecule has 0 amide bonds. The van der Waals surface area contributed by atoms with Crippen molar-refractivity contribution in [1.82, 2.24) is 0 Å². The van der Waals surface area contributed by atoms with Crippen LogP contribution in [0.3, 0.4) is 0 Å². The number of aliphatic carboxylic acids is 1. The van der Waals surface area contributed by atoms with E-state index in [1.54, 1.807) is 0 Å². The molecule has 0 bridgehead atoms. The number of hydrogen-bond donors (Lipinski definition) is 1. The van der Waals surface area contributed by atoms with Gasteiger partial charge in [0.25, 0.3) is 0 Å². The smallest absolute Gasteiger partial charge is 0.303 e. The van der Waals surface area contributed by atoms with Crippen LogP contribution >= 0.6 is 0 Å². The largest absolute Gasteiger partial charge is 0.481 e. The molecule has 4 rings (SSSR count). The van der Waals surface area contributed by atoms with Gasteiger partial charge in [0.05, 0.1) is 0 Å². The van der Waals surface area contributed by atoms with Gasteiger partial charge in [-0.2, -0.15) is 0 Å². The van der Waals surface area contributed by atoms with Crippen LogP contribution in [-0.4, -0.2) is 11.1 Å². The van der Waals surface area contributed by atoms with Crippen molar-refractivity contribution in [2.75, 3.05) is 0 Å². The first-order valence-electron chi connectivity index (χ1n) is 17.1. The van der Waals surface area contributed by atoms with Gasteiger partial charge in [-0.15, -0.1) is 0 Å². The highest BCUT2D eigenvalue weighted by molar-refractivity contribution is 5.66. The average Bonchev–Trinajstić information content (AvgIpc) is 3.22. The third kappa shape index (κ3) is 6.74. The van der Waals surface area contributed by atoms with Crippen LogP contribution in [0.15, 0.2) is 11.6 Å². The molecule has 38 heavy (non-hydrogen) atoms. The molecule has 218 valence electrons. The second-order valence-corrected chi connectivity index (χ2v) is 15.5. The van der Waals surface area contributed by atoms with E-state index in [1.807, 2.05) is 5.57 Å². The van der Waals surface area contributed by atoms with Gasteiger partial charge in [0.15, 0.2) is 0 Å². The van der Waals surface area contributed by atoms with Crippen molar-refractivity contribution in [3.8, 4) is 0 Å². The van der Waals surface area contributed by atoms with E-state index < -0.39 is 5.97 Å². The molecule has 3 saturated carbocycles. The standard InChI is InChI=1S/C36H62O2/c1-26(2)13-12-14-27(3)31-19-20-32-30-18-17-29-25-28(15-10-8-6-7-9-11-16-34(37)38)21-23-35(29,4)33(30)22-24-36(31,32)5/h17,26-28,30-33H,6-16,18-25H2,1-5H3,(H,37,38)/t27-,28?,30?,31-,32?,33?,35+,36-/m1/s1. The predicted octanol–water partition coefficient (Wildman–Crippen LogP) is 10.8. The summed E-state index contributed by atoms with van der Waals surface area (Å²) in [6, 6.07) is 0. The molecule has 4 unspecified atom stereocenters. The third-order valence-corrected chi connectivity index (χ3v) is 12.7. The zero-order chi connectivity index (χ0) is 27.3. The summed E-state index contributed by atoms with van der Waals surface area (Å²) in [6.45, 7) is 12.8. The molecule has 0 aromatic heterocycles. The van der Waals surface area contributed by atoms with E-state index in [0.717, 1.165) is 54.3 Å². The number of unbranched alkanes of at least 4 members (excludes halogenated alkanes) is 5. The first-order chi connectivity index (χ1) is 18.1. The van der Waals surface area contributed by atoms with Crippen molar-refractivity contribution in [3.05, 3.63) is 11.6 Å². The third-order valence-electron chi connectivity index (χ3n) is 12.7. The van der Waals surface area contributed by atoms with Gasteiger partial charge in [-0.1, -0.05) is 104 Å². The Balaban J connectivity index is 1.27. The van der Waals surface area contributed by atoms with Crippen molar-refractivity contribution in [2.45, 2.75) is 157 Å². The van der Waals surface area contributed by atoms with E-state index in [9.17, 15) is 4.79 Å². The lowest BCUT2D eigenvalue weighted by Crippen LogP contribution is -2.50. The lowest BCUT2D eigenvalue weighted by Gasteiger charge is -2.58. The summed E-state index contributed by atoms with van der Waals surface area (Å²) in [4.78, 5) is 10.7. The number of allylic oxidation sites excluding steroid dienone is 2. The quantitative estimate of drug-likeness (QED) is 0.180. The highest BCUT2D eigenvalue weighted by atomic mass is 16.4. The van der Waals surface area contributed by atoms with Crippen molar-refractivity contribution < 1.29 is 9.90 Å². The molecule has 3 fully saturated rings. The van der Waals surface area contributed by atoms with Crippen molar-refractivity contribution in [2.24, 2.45) is 52.3 Å². The van der Waals surface area contributed by atoms with Crippen LogP contribution in [0.1, 0.15) is 157 Å². The summed E-state index contributed by atoms with van der Waals surface area (Å²) >= 11 is 0. The van der Waals surface area contributed by atoms with Crippen LogP contribution < -0.4 is 0 Å². The van der Waals surface area contributed by atoms with Crippen LogP contribution in [0, 0.1) is 52.3 Å². The Morgan fingerprint density at radius 1 is 0.895 bits per heavy atom. The van der Waals surface area contributed by atoms with E-state index in [4.69, 9.17) is 5.11 Å². The number of rotatable bonds is 14. The molecule has 2 nitrogen and oxygen atoms in total. The second-order valence-electron chi connectivity index (χ2n) is 15.5. The lowest BCUT2D eigenvalue weighted by molar-refractivity contribution is -0.137. The lowest BCUT2D eigenvalue weighted by atomic mass is 9.46. The summed E-state index contributed by atoms with van der Waals surface area (Å²) in [6.07, 6.45) is 27.6. The summed E-state index contributed by atoms with van der Waals surface area (Å²) < 4.78 is 0. The molecule has 4 aliphatic rings. The summed E-state index contributed by atoms with van der Waals surface area (Å²) in [5.41, 5.74) is 2.96. The topological polar surface area (TPSA) is 37.3 Å². The van der Waals surface area contributed by atoms with Crippen LogP contribution in [-0.2, 0) is 4.79 Å². The van der Waals surface area contributed by atoms with E-state index in [-0.39, 0.29) is 0 Å². The molecule has 1 N–H and O–H groups in total. The number of fused-ring (bicyclic) bond motifs is 5. The molecule has 0 saturated heterocycles. The molecule has 0 aromatic rings. The first kappa shape index (κ1) is 30.2. The van der Waals surface area contributed by atoms with Gasteiger partial charge in [-0.05, 0) is 110 Å². The monoisotopic (exact) mass is 526 g/mol. The van der Waals surface area contributed by atoms with E-state index in [0.29, 0.717) is 17.3 Å². The maximum absolute atomic E-state index is 10.7. The molecule has 4 aliphatic carbocycles. The van der Waals surface area contributed by atoms with Gasteiger partial charge < -0.3 is 5.11 Å². The molecule has 2 heteroatoms. The van der Waals surface area contributed by atoms with Gasteiger partial charge in [0.1, 0.15) is 0 Å². The summed E-state index contributed by atoms with van der Waals surface area (Å²) in [5.74, 6) is 5.86. The van der Waals surface area contributed by atoms with E-state index in [2.05, 4.69) is 40.7 Å². The molecular formula is C36H62O2. The van der Waals surface area contributed by atoms with E-state index >= 15 is 0 Å². The Bertz CT molecular complexity index is 797. The minimum Gasteiger partial charge on any atom is -0.481 e. The van der Waals surface area contributed by atoms with Gasteiger partial charge >= 0.3 is 5.97 Å². The van der Waals surface area contributed by atoms with Gasteiger partial charge in [0, 0.05) is 6.42 Å². The normalized spacial score (nSPS) is 37.3. The number of carbonyl (C=O) groups is 1. The number of carboxylic acid groups (broad SMARTS) is 1. The Morgan fingerprint density at radius 3 is 2.37 bits per heavy atom. The van der Waals surface area contributed by atoms with Gasteiger partial charge in [-0.25, -0.2) is 0 Å². The van der Waals surface area contributed by atoms with Crippen LogP contribution in [0.25, 0.3) is 0 Å². The average molecular weight is 527 g/mol. The fraction of sp³-hybridized carbons (Fsp3) is 0.917. The number of hydrogen-bond acceptors (Lipinski definition) is 1. The Hall–Kier alpha value is -0.790. The first-order valence-corrected chi connectivity index (χ1v) is 17.1. The highest BCUT2D eigenvalue weighted by Gasteiger charge is 2.59. The Labute approximate surface area is 236 Å². The van der Waals surface area contributed by atoms with Crippen LogP contribution in [0.5, 0.6) is 0 Å². The molecular weight excluding hydrogens is 464 g/mol. The highest BCUT2D eigenvalue weighted by Crippen LogP contribution is 2.67. The molecule has 0 heterocycles. The van der Waals surface area contributed by atoms with Crippen molar-refractivity contribution >= 4 is 5.97 Å². The zero-order valence-corrected chi connectivity index (χ0v) is 25.9. The summed E-state index contributed by atoms with van der Waals surface area (Å²) in [5, 5.41) is 8.78. The second kappa shape index (κ2) is 13.2. The fourth-order valence-corrected chi connectivity index (χ4v) is 10.4. The fourth-order valence-electron chi connectivity index (χ4n) is 10.4. The maximum atomic E-state index is 10.7. The Morgan fingerprint density at radius 2 is 1.63 bits per heavy atom. The van der Waals surface area contributed by atoms with Crippen molar-refractivity contribution in [1.29, 1.82) is 0 Å². The predicted molar refractivity (Wildman–Crippen MR) is 161 cm³/mol. The van der Waals surface area contributed by atoms with Crippen molar-refractivity contribution in [3.63, 3.8) is 0 Å². The van der Waals surface area contributed by atoms with E-state index in [1.165, 1.54) is 103 Å². The number of carboxylic acids is 1. The Kier molecular flexibility index (Phi) is 10.5. The minimum atomic E-state index is -0.644. The maximum Gasteiger partial charge on any atom is 0.303 e. The molecule has 0 aliphatic heterocycles. The van der Waals surface area contributed by atoms with Gasteiger partial charge in [0.2, 0.25) is 0 Å². The van der Waals surface area contributed by atoms with Gasteiger partial charge in [-0.3, -0.25) is 4.79 Å². The molecule has 0 aromatic carbocycles. The minimum absolute atomic E-state index is 0.343. The molecule has 0 spiro atoms. The van der Waals surface area contributed by atoms with Crippen LogP contribution in [0.4, 0.5) is 0 Å².